The second kappa shape index (κ2) is 6.23. The molecule has 4 heteroatoms. The molecule has 19 heavy (non-hydrogen) atoms. The van der Waals surface area contributed by atoms with Crippen LogP contribution in [0.1, 0.15) is 39.0 Å². The highest BCUT2D eigenvalue weighted by molar-refractivity contribution is 5.80. The monoisotopic (exact) mass is 267 g/mol. The predicted octanol–water partition coefficient (Wildman–Crippen LogP) is 1.30. The maximum absolute atomic E-state index is 12.8. The van der Waals surface area contributed by atoms with Crippen LogP contribution in [0.4, 0.5) is 0 Å². The van der Waals surface area contributed by atoms with Crippen LogP contribution >= 0.6 is 0 Å². The van der Waals surface area contributed by atoms with E-state index in [9.17, 15) is 4.79 Å². The molecule has 2 N–H and O–H groups in total. The first kappa shape index (κ1) is 14.8. The van der Waals surface area contributed by atoms with Crippen LogP contribution in [0.2, 0.25) is 0 Å². The van der Waals surface area contributed by atoms with Crippen LogP contribution in [0, 0.1) is 11.8 Å². The van der Waals surface area contributed by atoms with E-state index in [0.717, 1.165) is 38.8 Å². The highest BCUT2D eigenvalue weighted by Gasteiger charge is 2.38. The third-order valence-corrected chi connectivity index (χ3v) is 4.85. The van der Waals surface area contributed by atoms with Gasteiger partial charge in [0.15, 0.2) is 0 Å². The number of hydrogen-bond acceptors (Lipinski definition) is 3. The highest BCUT2D eigenvalue weighted by atomic mass is 16.2. The summed E-state index contributed by atoms with van der Waals surface area (Å²) < 4.78 is 0. The van der Waals surface area contributed by atoms with E-state index in [1.807, 2.05) is 0 Å². The number of likely N-dealkylation sites (N-methyl/N-ethyl adjacent to an activating group) is 1. The van der Waals surface area contributed by atoms with E-state index in [4.69, 9.17) is 5.73 Å². The Bertz CT molecular complexity index is 319. The van der Waals surface area contributed by atoms with Crippen molar-refractivity contribution in [2.24, 2.45) is 17.6 Å². The van der Waals surface area contributed by atoms with Crippen molar-refractivity contribution in [1.29, 1.82) is 0 Å². The van der Waals surface area contributed by atoms with E-state index >= 15 is 0 Å². The second-order valence-electron chi connectivity index (χ2n) is 6.68. The molecule has 0 aromatic carbocycles. The Morgan fingerprint density at radius 3 is 2.68 bits per heavy atom. The van der Waals surface area contributed by atoms with Crippen molar-refractivity contribution in [3.63, 3.8) is 0 Å². The smallest absolute Gasteiger partial charge is 0.227 e. The molecule has 2 fully saturated rings. The SMILES string of the molecule is CC1CCCC(C(=O)N2CCCC2CN(C)C)C1N. The average molecular weight is 267 g/mol. The van der Waals surface area contributed by atoms with Gasteiger partial charge >= 0.3 is 0 Å². The Hall–Kier alpha value is -0.610. The topological polar surface area (TPSA) is 49.6 Å². The number of hydrogen-bond donors (Lipinski definition) is 1. The van der Waals surface area contributed by atoms with Crippen molar-refractivity contribution >= 4 is 5.91 Å². The van der Waals surface area contributed by atoms with Crippen LogP contribution < -0.4 is 5.73 Å². The fourth-order valence-corrected chi connectivity index (χ4v) is 3.68. The molecule has 2 aliphatic rings. The molecule has 1 saturated heterocycles. The van der Waals surface area contributed by atoms with Crippen LogP contribution in [0.15, 0.2) is 0 Å². The van der Waals surface area contributed by atoms with Gasteiger partial charge in [0.1, 0.15) is 0 Å². The number of rotatable bonds is 3. The van der Waals surface area contributed by atoms with E-state index in [0.29, 0.717) is 17.9 Å². The van der Waals surface area contributed by atoms with E-state index in [1.165, 1.54) is 6.42 Å². The number of nitrogens with zero attached hydrogens (tertiary/aromatic N) is 2. The number of carbonyl (C=O) groups is 1. The molecule has 0 spiro atoms. The first-order valence-corrected chi connectivity index (χ1v) is 7.71. The molecule has 4 nitrogen and oxygen atoms in total. The van der Waals surface area contributed by atoms with Crippen molar-refractivity contribution < 1.29 is 4.79 Å². The van der Waals surface area contributed by atoms with Crippen molar-refractivity contribution in [3.8, 4) is 0 Å². The Morgan fingerprint density at radius 2 is 2.00 bits per heavy atom. The summed E-state index contributed by atoms with van der Waals surface area (Å²) in [4.78, 5) is 17.1. The van der Waals surface area contributed by atoms with Crippen LogP contribution in [-0.4, -0.2) is 55.0 Å². The van der Waals surface area contributed by atoms with Gasteiger partial charge in [-0.05, 0) is 45.7 Å². The quantitative estimate of drug-likeness (QED) is 0.838. The summed E-state index contributed by atoms with van der Waals surface area (Å²) in [6.45, 7) is 4.09. The molecule has 2 rings (SSSR count). The van der Waals surface area contributed by atoms with Crippen LogP contribution in [0.5, 0.6) is 0 Å². The van der Waals surface area contributed by atoms with Crippen LogP contribution in [0.25, 0.3) is 0 Å². The van der Waals surface area contributed by atoms with Crippen molar-refractivity contribution in [1.82, 2.24) is 9.80 Å². The van der Waals surface area contributed by atoms with E-state index in [2.05, 4.69) is 30.8 Å². The van der Waals surface area contributed by atoms with E-state index in [-0.39, 0.29) is 12.0 Å². The molecular weight excluding hydrogens is 238 g/mol. The molecule has 4 unspecified atom stereocenters. The summed E-state index contributed by atoms with van der Waals surface area (Å²) in [6.07, 6.45) is 5.59. The zero-order chi connectivity index (χ0) is 14.0. The number of carbonyl (C=O) groups excluding carboxylic acids is 1. The Morgan fingerprint density at radius 1 is 1.26 bits per heavy atom. The molecule has 1 heterocycles. The highest BCUT2D eigenvalue weighted by Crippen LogP contribution is 2.31. The lowest BCUT2D eigenvalue weighted by molar-refractivity contribution is -0.138. The van der Waals surface area contributed by atoms with Gasteiger partial charge in [-0.2, -0.15) is 0 Å². The maximum atomic E-state index is 12.8. The molecule has 0 aromatic rings. The Balaban J connectivity index is 2.01. The summed E-state index contributed by atoms with van der Waals surface area (Å²) in [6, 6.07) is 0.453. The summed E-state index contributed by atoms with van der Waals surface area (Å²) in [5, 5.41) is 0. The molecule has 1 saturated carbocycles. The molecule has 1 amide bonds. The summed E-state index contributed by atoms with van der Waals surface area (Å²) >= 11 is 0. The van der Waals surface area contributed by atoms with Crippen molar-refractivity contribution in [3.05, 3.63) is 0 Å². The van der Waals surface area contributed by atoms with E-state index in [1.54, 1.807) is 0 Å². The van der Waals surface area contributed by atoms with Gasteiger partial charge in [-0.25, -0.2) is 0 Å². The lowest BCUT2D eigenvalue weighted by atomic mass is 9.77. The zero-order valence-corrected chi connectivity index (χ0v) is 12.6. The minimum absolute atomic E-state index is 0.0573. The fraction of sp³-hybridized carbons (Fsp3) is 0.933. The van der Waals surface area contributed by atoms with Crippen LogP contribution in [0.3, 0.4) is 0 Å². The van der Waals surface area contributed by atoms with Gasteiger partial charge in [-0.3, -0.25) is 4.79 Å². The summed E-state index contributed by atoms with van der Waals surface area (Å²) in [5.74, 6) is 0.868. The van der Waals surface area contributed by atoms with Gasteiger partial charge in [0.25, 0.3) is 0 Å². The minimum Gasteiger partial charge on any atom is -0.338 e. The van der Waals surface area contributed by atoms with Gasteiger partial charge < -0.3 is 15.5 Å². The zero-order valence-electron chi connectivity index (χ0n) is 12.6. The van der Waals surface area contributed by atoms with Gasteiger partial charge in [0.05, 0.1) is 5.92 Å². The van der Waals surface area contributed by atoms with Gasteiger partial charge in [0, 0.05) is 25.2 Å². The normalized spacial score (nSPS) is 35.9. The molecule has 110 valence electrons. The standard InChI is InChI=1S/C15H29N3O/c1-11-6-4-8-13(14(11)16)15(19)18-9-5-7-12(18)10-17(2)3/h11-14H,4-10,16H2,1-3H3. The predicted molar refractivity (Wildman–Crippen MR) is 77.8 cm³/mol. The maximum Gasteiger partial charge on any atom is 0.227 e. The largest absolute Gasteiger partial charge is 0.338 e. The molecule has 0 radical (unpaired) electrons. The third kappa shape index (κ3) is 3.29. The number of nitrogens with two attached hydrogens (primary N) is 1. The number of likely N-dealkylation sites (tertiary alicyclic amines) is 1. The molecule has 1 aliphatic carbocycles. The molecule has 1 aliphatic heterocycles. The third-order valence-electron chi connectivity index (χ3n) is 4.85. The molecule has 4 atom stereocenters. The van der Waals surface area contributed by atoms with Gasteiger partial charge in [-0.15, -0.1) is 0 Å². The second-order valence-corrected chi connectivity index (χ2v) is 6.68. The molecule has 0 bridgehead atoms. The van der Waals surface area contributed by atoms with Crippen molar-refractivity contribution in [2.45, 2.75) is 51.1 Å². The summed E-state index contributed by atoms with van der Waals surface area (Å²) in [5.41, 5.74) is 6.28. The van der Waals surface area contributed by atoms with Crippen molar-refractivity contribution in [2.75, 3.05) is 27.2 Å². The summed E-state index contributed by atoms with van der Waals surface area (Å²) in [7, 11) is 4.16. The average Bonchev–Trinajstić information content (AvgIpc) is 2.79. The first-order valence-electron chi connectivity index (χ1n) is 7.71. The minimum atomic E-state index is 0.0573. The Kier molecular flexibility index (Phi) is 4.85. The lowest BCUT2D eigenvalue weighted by Gasteiger charge is -2.37. The number of amides is 1. The van der Waals surface area contributed by atoms with Gasteiger partial charge in [-0.1, -0.05) is 13.3 Å². The van der Waals surface area contributed by atoms with E-state index < -0.39 is 0 Å². The Labute approximate surface area is 117 Å². The molecule has 0 aromatic heterocycles. The van der Waals surface area contributed by atoms with Crippen LogP contribution in [-0.2, 0) is 4.79 Å². The lowest BCUT2D eigenvalue weighted by Crippen LogP contribution is -2.51. The molecular formula is C15H29N3O. The first-order chi connectivity index (χ1) is 9.00. The van der Waals surface area contributed by atoms with Gasteiger partial charge in [0.2, 0.25) is 5.91 Å². The fourth-order valence-electron chi connectivity index (χ4n) is 3.68.